The molecule has 3 fully saturated rings. The van der Waals surface area contributed by atoms with Crippen molar-refractivity contribution in [2.45, 2.75) is 78.1 Å². The van der Waals surface area contributed by atoms with Crippen molar-refractivity contribution in [2.24, 2.45) is 23.7 Å². The van der Waals surface area contributed by atoms with Crippen molar-refractivity contribution < 1.29 is 0 Å². The third-order valence-electron chi connectivity index (χ3n) is 5.48. The van der Waals surface area contributed by atoms with Crippen LogP contribution in [-0.2, 0) is 0 Å². The average Bonchev–Trinajstić information content (AvgIpc) is 2.29. The van der Waals surface area contributed by atoms with E-state index < -0.39 is 0 Å². The second kappa shape index (κ2) is 6.07. The maximum Gasteiger partial charge on any atom is -0.0414 e. The smallest absolute Gasteiger partial charge is 0.0414 e. The maximum absolute atomic E-state index is 2.48. The molecule has 0 amide bonds. The van der Waals surface area contributed by atoms with Gasteiger partial charge in [0.15, 0.2) is 0 Å². The van der Waals surface area contributed by atoms with Gasteiger partial charge >= 0.3 is 0 Å². The van der Waals surface area contributed by atoms with Gasteiger partial charge in [0.25, 0.3) is 0 Å². The normalized spacial score (nSPS) is 42.4. The van der Waals surface area contributed by atoms with E-state index in [0.717, 1.165) is 23.7 Å². The van der Waals surface area contributed by atoms with Crippen molar-refractivity contribution in [3.8, 4) is 0 Å². The molecule has 0 saturated heterocycles. The monoisotopic (exact) mass is 222 g/mol. The third-order valence-corrected chi connectivity index (χ3v) is 5.48. The van der Waals surface area contributed by atoms with E-state index in [4.69, 9.17) is 0 Å². The van der Waals surface area contributed by atoms with Crippen LogP contribution in [0.1, 0.15) is 78.1 Å². The molecule has 0 nitrogen and oxygen atoms in total. The van der Waals surface area contributed by atoms with Gasteiger partial charge in [0.05, 0.1) is 0 Å². The standard InChI is InChI=1S/C16H30/c1-13-5-3-7-15-9-11-16(12-10-15)8-4-6-14(13)2/h13-16H,3-12H2,1-2H3. The van der Waals surface area contributed by atoms with Crippen LogP contribution in [0.3, 0.4) is 0 Å². The Morgan fingerprint density at radius 3 is 1.25 bits per heavy atom. The largest absolute Gasteiger partial charge is 0.0623 e. The summed E-state index contributed by atoms with van der Waals surface area (Å²) in [5, 5.41) is 0. The number of rotatable bonds is 0. The Morgan fingerprint density at radius 2 is 0.875 bits per heavy atom. The second-order valence-electron chi connectivity index (χ2n) is 6.70. The molecule has 0 aromatic rings. The van der Waals surface area contributed by atoms with Gasteiger partial charge in [-0.25, -0.2) is 0 Å². The zero-order valence-corrected chi connectivity index (χ0v) is 11.4. The Balaban J connectivity index is 1.87. The van der Waals surface area contributed by atoms with Gasteiger partial charge in [-0.1, -0.05) is 78.1 Å². The Kier molecular flexibility index (Phi) is 4.73. The van der Waals surface area contributed by atoms with E-state index >= 15 is 0 Å². The van der Waals surface area contributed by atoms with E-state index in [1.165, 1.54) is 38.5 Å². The molecule has 2 atom stereocenters. The number of hydrogen-bond donors (Lipinski definition) is 0. The van der Waals surface area contributed by atoms with Crippen molar-refractivity contribution in [3.63, 3.8) is 0 Å². The molecule has 3 saturated carbocycles. The Hall–Kier alpha value is 0. The van der Waals surface area contributed by atoms with Crippen LogP contribution in [-0.4, -0.2) is 0 Å². The lowest BCUT2D eigenvalue weighted by Gasteiger charge is -2.31. The Labute approximate surface area is 102 Å². The molecule has 2 unspecified atom stereocenters. The Morgan fingerprint density at radius 1 is 0.500 bits per heavy atom. The predicted molar refractivity (Wildman–Crippen MR) is 71.5 cm³/mol. The van der Waals surface area contributed by atoms with Crippen LogP contribution in [0, 0.1) is 23.7 Å². The van der Waals surface area contributed by atoms with Crippen LogP contribution < -0.4 is 0 Å². The second-order valence-corrected chi connectivity index (χ2v) is 6.70. The van der Waals surface area contributed by atoms with Crippen molar-refractivity contribution in [2.75, 3.05) is 0 Å². The quantitative estimate of drug-likeness (QED) is 0.513. The molecular weight excluding hydrogens is 192 g/mol. The van der Waals surface area contributed by atoms with Gasteiger partial charge in [-0.3, -0.25) is 0 Å². The van der Waals surface area contributed by atoms with Gasteiger partial charge in [0, 0.05) is 0 Å². The summed E-state index contributed by atoms with van der Waals surface area (Å²) >= 11 is 0. The van der Waals surface area contributed by atoms with Gasteiger partial charge in [-0.15, -0.1) is 0 Å². The minimum absolute atomic E-state index is 0.970. The highest BCUT2D eigenvalue weighted by molar-refractivity contribution is 4.75. The van der Waals surface area contributed by atoms with Crippen LogP contribution in [0.4, 0.5) is 0 Å². The van der Waals surface area contributed by atoms with Gasteiger partial charge in [-0.05, 0) is 23.7 Å². The molecule has 0 heterocycles. The van der Waals surface area contributed by atoms with Crippen molar-refractivity contribution in [1.29, 1.82) is 0 Å². The molecule has 3 rings (SSSR count). The minimum Gasteiger partial charge on any atom is -0.0623 e. The molecule has 94 valence electrons. The molecule has 16 heavy (non-hydrogen) atoms. The SMILES string of the molecule is CC1CCCC2CCC(CCCC1C)CC2. The summed E-state index contributed by atoms with van der Waals surface area (Å²) in [4.78, 5) is 0. The lowest BCUT2D eigenvalue weighted by Crippen LogP contribution is -2.17. The van der Waals surface area contributed by atoms with Gasteiger partial charge in [-0.2, -0.15) is 0 Å². The summed E-state index contributed by atoms with van der Waals surface area (Å²) in [7, 11) is 0. The van der Waals surface area contributed by atoms with Gasteiger partial charge in [0.1, 0.15) is 0 Å². The van der Waals surface area contributed by atoms with E-state index in [9.17, 15) is 0 Å². The lowest BCUT2D eigenvalue weighted by molar-refractivity contribution is 0.218. The zero-order chi connectivity index (χ0) is 11.4. The van der Waals surface area contributed by atoms with Crippen LogP contribution in [0.2, 0.25) is 0 Å². The van der Waals surface area contributed by atoms with E-state index in [1.807, 2.05) is 0 Å². The Bertz CT molecular complexity index is 162. The first-order valence-electron chi connectivity index (χ1n) is 7.75. The molecule has 0 aromatic heterocycles. The molecule has 0 N–H and O–H groups in total. The molecule has 0 spiro atoms. The molecule has 3 aliphatic carbocycles. The van der Waals surface area contributed by atoms with Crippen LogP contribution in [0.25, 0.3) is 0 Å². The van der Waals surface area contributed by atoms with Crippen molar-refractivity contribution in [3.05, 3.63) is 0 Å². The third kappa shape index (κ3) is 3.50. The van der Waals surface area contributed by atoms with Gasteiger partial charge in [0.2, 0.25) is 0 Å². The molecule has 0 heteroatoms. The first-order chi connectivity index (χ1) is 7.75. The average molecular weight is 222 g/mol. The van der Waals surface area contributed by atoms with E-state index in [1.54, 1.807) is 25.7 Å². The van der Waals surface area contributed by atoms with Crippen LogP contribution in [0.5, 0.6) is 0 Å². The first kappa shape index (κ1) is 12.5. The maximum atomic E-state index is 2.48. The van der Waals surface area contributed by atoms with E-state index in [2.05, 4.69) is 13.8 Å². The molecular formula is C16H30. The van der Waals surface area contributed by atoms with Gasteiger partial charge < -0.3 is 0 Å². The van der Waals surface area contributed by atoms with Crippen LogP contribution in [0.15, 0.2) is 0 Å². The molecule has 2 bridgehead atoms. The fourth-order valence-electron chi connectivity index (χ4n) is 3.83. The lowest BCUT2D eigenvalue weighted by atomic mass is 9.75. The molecule has 0 radical (unpaired) electrons. The summed E-state index contributed by atoms with van der Waals surface area (Å²) < 4.78 is 0. The van der Waals surface area contributed by atoms with Crippen LogP contribution >= 0.6 is 0 Å². The highest BCUT2D eigenvalue weighted by Crippen LogP contribution is 2.36. The fraction of sp³-hybridized carbons (Fsp3) is 1.00. The van der Waals surface area contributed by atoms with Crippen molar-refractivity contribution >= 4 is 0 Å². The number of hydrogen-bond acceptors (Lipinski definition) is 0. The minimum atomic E-state index is 0.970. The number of fused-ring (bicyclic) bond motifs is 9. The van der Waals surface area contributed by atoms with E-state index in [-0.39, 0.29) is 0 Å². The highest BCUT2D eigenvalue weighted by Gasteiger charge is 2.22. The van der Waals surface area contributed by atoms with Crippen molar-refractivity contribution in [1.82, 2.24) is 0 Å². The fourth-order valence-corrected chi connectivity index (χ4v) is 3.83. The van der Waals surface area contributed by atoms with E-state index in [0.29, 0.717) is 0 Å². The topological polar surface area (TPSA) is 0 Å². The summed E-state index contributed by atoms with van der Waals surface area (Å²) in [5.74, 6) is 4.13. The zero-order valence-electron chi connectivity index (χ0n) is 11.4. The molecule has 3 aliphatic rings. The highest BCUT2D eigenvalue weighted by atomic mass is 14.3. The first-order valence-corrected chi connectivity index (χ1v) is 7.75. The summed E-state index contributed by atoms with van der Waals surface area (Å²) in [6.07, 6.45) is 15.2. The molecule has 0 aromatic carbocycles. The molecule has 0 aliphatic heterocycles. The summed E-state index contributed by atoms with van der Waals surface area (Å²) in [6, 6.07) is 0. The summed E-state index contributed by atoms with van der Waals surface area (Å²) in [5.41, 5.74) is 0. The predicted octanol–water partition coefficient (Wildman–Crippen LogP) is 5.42. The summed E-state index contributed by atoms with van der Waals surface area (Å²) in [6.45, 7) is 4.96.